The zero-order valence-corrected chi connectivity index (χ0v) is 12.3. The first-order valence-corrected chi connectivity index (χ1v) is 7.33. The molecule has 5 nitrogen and oxygen atoms in total. The molecule has 2 rings (SSSR count). The van der Waals surface area contributed by atoms with E-state index in [2.05, 4.69) is 29.7 Å². The molecule has 2 amide bonds. The van der Waals surface area contributed by atoms with Crippen LogP contribution in [-0.2, 0) is 10.2 Å². The maximum atomic E-state index is 11.7. The van der Waals surface area contributed by atoms with E-state index >= 15 is 0 Å². The Kier molecular flexibility index (Phi) is 4.83. The van der Waals surface area contributed by atoms with Crippen molar-refractivity contribution in [2.24, 2.45) is 0 Å². The van der Waals surface area contributed by atoms with Crippen LogP contribution in [0.2, 0.25) is 0 Å². The van der Waals surface area contributed by atoms with Gasteiger partial charge in [0.05, 0.1) is 0 Å². The van der Waals surface area contributed by atoms with Gasteiger partial charge in [-0.15, -0.1) is 0 Å². The molecular formula is C16H22N2O3. The van der Waals surface area contributed by atoms with Crippen molar-refractivity contribution in [3.05, 3.63) is 35.4 Å². The number of carboxylic acid groups (broad SMARTS) is 1. The topological polar surface area (TPSA) is 78.4 Å². The molecule has 21 heavy (non-hydrogen) atoms. The van der Waals surface area contributed by atoms with Crippen molar-refractivity contribution in [2.45, 2.75) is 38.0 Å². The monoisotopic (exact) mass is 290 g/mol. The highest BCUT2D eigenvalue weighted by atomic mass is 16.4. The van der Waals surface area contributed by atoms with Crippen molar-refractivity contribution in [2.75, 3.05) is 13.1 Å². The zero-order valence-electron chi connectivity index (χ0n) is 12.3. The van der Waals surface area contributed by atoms with E-state index in [1.165, 1.54) is 11.1 Å². The summed E-state index contributed by atoms with van der Waals surface area (Å²) in [5, 5.41) is 14.1. The van der Waals surface area contributed by atoms with Crippen LogP contribution >= 0.6 is 0 Å². The highest BCUT2D eigenvalue weighted by Crippen LogP contribution is 2.48. The van der Waals surface area contributed by atoms with Gasteiger partial charge in [0.1, 0.15) is 0 Å². The summed E-state index contributed by atoms with van der Waals surface area (Å²) in [6, 6.07) is 8.07. The van der Waals surface area contributed by atoms with E-state index in [1.54, 1.807) is 0 Å². The van der Waals surface area contributed by atoms with Crippen LogP contribution in [0.25, 0.3) is 0 Å². The van der Waals surface area contributed by atoms with Crippen LogP contribution in [0.5, 0.6) is 0 Å². The van der Waals surface area contributed by atoms with Crippen molar-refractivity contribution in [1.82, 2.24) is 10.6 Å². The predicted octanol–water partition coefficient (Wildman–Crippen LogP) is 2.19. The van der Waals surface area contributed by atoms with Crippen LogP contribution in [0.3, 0.4) is 0 Å². The highest BCUT2D eigenvalue weighted by molar-refractivity contribution is 5.74. The smallest absolute Gasteiger partial charge is 0.314 e. The number of carbonyl (C=O) groups is 2. The Morgan fingerprint density at radius 1 is 1.24 bits per heavy atom. The summed E-state index contributed by atoms with van der Waals surface area (Å²) in [7, 11) is 0. The molecule has 1 fully saturated rings. The third-order valence-electron chi connectivity index (χ3n) is 4.01. The Balaban J connectivity index is 1.76. The van der Waals surface area contributed by atoms with Gasteiger partial charge in [0.2, 0.25) is 0 Å². The first kappa shape index (κ1) is 15.4. The van der Waals surface area contributed by atoms with Crippen LogP contribution in [0.15, 0.2) is 24.3 Å². The quantitative estimate of drug-likeness (QED) is 0.674. The number of aryl methyl sites for hydroxylation is 1. The predicted molar refractivity (Wildman–Crippen MR) is 80.4 cm³/mol. The summed E-state index contributed by atoms with van der Waals surface area (Å²) in [6.45, 7) is 3.11. The Morgan fingerprint density at radius 3 is 2.57 bits per heavy atom. The number of hydrogen-bond donors (Lipinski definition) is 3. The normalized spacial score (nSPS) is 15.3. The molecule has 1 aliphatic rings. The maximum absolute atomic E-state index is 11.7. The van der Waals surface area contributed by atoms with Crippen LogP contribution in [0.4, 0.5) is 4.79 Å². The molecule has 0 heterocycles. The third-order valence-corrected chi connectivity index (χ3v) is 4.01. The van der Waals surface area contributed by atoms with E-state index < -0.39 is 5.97 Å². The molecule has 0 atom stereocenters. The summed E-state index contributed by atoms with van der Waals surface area (Å²) < 4.78 is 0. The van der Waals surface area contributed by atoms with Crippen LogP contribution in [-0.4, -0.2) is 30.2 Å². The number of aliphatic carboxylic acids is 1. The van der Waals surface area contributed by atoms with Gasteiger partial charge < -0.3 is 15.7 Å². The Morgan fingerprint density at radius 2 is 1.95 bits per heavy atom. The third kappa shape index (κ3) is 4.21. The second kappa shape index (κ2) is 6.61. The number of benzene rings is 1. The van der Waals surface area contributed by atoms with E-state index in [1.807, 2.05) is 12.1 Å². The molecule has 1 aromatic rings. The number of hydrogen-bond acceptors (Lipinski definition) is 2. The number of rotatable bonds is 7. The van der Waals surface area contributed by atoms with Gasteiger partial charge in [-0.1, -0.05) is 24.3 Å². The van der Waals surface area contributed by atoms with Crippen LogP contribution in [0.1, 0.15) is 36.8 Å². The van der Waals surface area contributed by atoms with Crippen molar-refractivity contribution in [3.8, 4) is 0 Å². The fraction of sp³-hybridized carbons (Fsp3) is 0.500. The minimum Gasteiger partial charge on any atom is -0.481 e. The molecule has 0 saturated heterocycles. The number of carboxylic acids is 1. The molecule has 0 radical (unpaired) electrons. The molecule has 0 spiro atoms. The second-order valence-electron chi connectivity index (χ2n) is 5.70. The molecule has 1 aromatic carbocycles. The van der Waals surface area contributed by atoms with E-state index in [0.29, 0.717) is 19.5 Å². The average Bonchev–Trinajstić information content (AvgIpc) is 3.23. The lowest BCUT2D eigenvalue weighted by atomic mass is 9.92. The summed E-state index contributed by atoms with van der Waals surface area (Å²) >= 11 is 0. The first-order valence-electron chi connectivity index (χ1n) is 7.33. The lowest BCUT2D eigenvalue weighted by molar-refractivity contribution is -0.137. The van der Waals surface area contributed by atoms with Gasteiger partial charge in [0.15, 0.2) is 0 Å². The summed E-state index contributed by atoms with van der Waals surface area (Å²) in [5.41, 5.74) is 2.67. The number of nitrogens with one attached hydrogen (secondary N) is 2. The Hall–Kier alpha value is -2.04. The van der Waals surface area contributed by atoms with E-state index in [4.69, 9.17) is 5.11 Å². The van der Waals surface area contributed by atoms with Gasteiger partial charge >= 0.3 is 12.0 Å². The largest absolute Gasteiger partial charge is 0.481 e. The molecule has 5 heteroatoms. The lowest BCUT2D eigenvalue weighted by Gasteiger charge is -2.19. The maximum Gasteiger partial charge on any atom is 0.314 e. The zero-order chi connectivity index (χ0) is 15.3. The van der Waals surface area contributed by atoms with Gasteiger partial charge in [-0.2, -0.15) is 0 Å². The number of amides is 2. The highest BCUT2D eigenvalue weighted by Gasteiger charge is 2.45. The molecular weight excluding hydrogens is 268 g/mol. The minimum absolute atomic E-state index is 0.0768. The molecule has 0 bridgehead atoms. The summed E-state index contributed by atoms with van der Waals surface area (Å²) in [5.74, 6) is -0.839. The van der Waals surface area contributed by atoms with Gasteiger partial charge in [0, 0.05) is 24.9 Å². The fourth-order valence-corrected chi connectivity index (χ4v) is 2.61. The van der Waals surface area contributed by atoms with Crippen LogP contribution < -0.4 is 10.6 Å². The van der Waals surface area contributed by atoms with E-state index in [9.17, 15) is 9.59 Å². The van der Waals surface area contributed by atoms with E-state index in [-0.39, 0.29) is 17.9 Å². The van der Waals surface area contributed by atoms with Crippen molar-refractivity contribution in [1.29, 1.82) is 0 Å². The summed E-state index contributed by atoms with van der Waals surface area (Å²) in [6.07, 6.45) is 2.72. The molecule has 114 valence electrons. The first-order chi connectivity index (χ1) is 10.0. The van der Waals surface area contributed by atoms with Crippen LogP contribution in [0, 0.1) is 6.92 Å². The lowest BCUT2D eigenvalue weighted by Crippen LogP contribution is -2.40. The SMILES string of the molecule is Cc1ccccc1C1(CNC(=O)NCCCC(=O)O)CC1. The minimum atomic E-state index is -0.839. The molecule has 0 aliphatic heterocycles. The second-order valence-corrected chi connectivity index (χ2v) is 5.70. The van der Waals surface area contributed by atoms with Gasteiger partial charge in [0.25, 0.3) is 0 Å². The van der Waals surface area contributed by atoms with E-state index in [0.717, 1.165) is 12.8 Å². The number of carbonyl (C=O) groups excluding carboxylic acids is 1. The molecule has 0 unspecified atom stereocenters. The molecule has 1 saturated carbocycles. The molecule has 0 aromatic heterocycles. The Bertz CT molecular complexity index is 524. The fourth-order valence-electron chi connectivity index (χ4n) is 2.61. The van der Waals surface area contributed by atoms with Crippen molar-refractivity contribution < 1.29 is 14.7 Å². The average molecular weight is 290 g/mol. The molecule has 1 aliphatic carbocycles. The molecule has 3 N–H and O–H groups in total. The summed E-state index contributed by atoms with van der Waals surface area (Å²) in [4.78, 5) is 22.1. The van der Waals surface area contributed by atoms with Gasteiger partial charge in [-0.05, 0) is 37.3 Å². The van der Waals surface area contributed by atoms with Crippen molar-refractivity contribution in [3.63, 3.8) is 0 Å². The number of urea groups is 1. The Labute approximate surface area is 124 Å². The van der Waals surface area contributed by atoms with Gasteiger partial charge in [-0.25, -0.2) is 4.79 Å². The van der Waals surface area contributed by atoms with Crippen molar-refractivity contribution >= 4 is 12.0 Å². The standard InChI is InChI=1S/C16H22N2O3/c1-12-5-2-3-6-13(12)16(8-9-16)11-18-15(21)17-10-4-7-14(19)20/h2-3,5-6H,4,7-11H2,1H3,(H,19,20)(H2,17,18,21). The van der Waals surface area contributed by atoms with Gasteiger partial charge in [-0.3, -0.25) is 4.79 Å².